The first-order valence-electron chi connectivity index (χ1n) is 9.83. The molecule has 4 atom stereocenters. The first-order chi connectivity index (χ1) is 15.1. The van der Waals surface area contributed by atoms with Crippen LogP contribution in [0.25, 0.3) is 0 Å². The molecule has 1 aliphatic heterocycles. The number of nitrogens with zero attached hydrogens (tertiary/aromatic N) is 2. The third-order valence-corrected chi connectivity index (χ3v) is 4.96. The summed E-state index contributed by atoms with van der Waals surface area (Å²) in [5, 5.41) is 31.7. The van der Waals surface area contributed by atoms with Gasteiger partial charge in [-0.1, -0.05) is 0 Å². The van der Waals surface area contributed by atoms with Gasteiger partial charge in [0.05, 0.1) is 25.4 Å². The van der Waals surface area contributed by atoms with Crippen LogP contribution in [0.1, 0.15) is 25.0 Å². The molecule has 2 rings (SSSR count). The average Bonchev–Trinajstić information content (AvgIpc) is 3.42. The van der Waals surface area contributed by atoms with E-state index in [0.29, 0.717) is 12.1 Å². The molecular weight excluding hydrogens is 428 g/mol. The molecule has 2 heterocycles. The largest absolute Gasteiger partial charge is 0.481 e. The molecule has 0 bridgehead atoms. The predicted molar refractivity (Wildman–Crippen MR) is 106 cm³/mol. The lowest BCUT2D eigenvalue weighted by atomic mass is 10.1. The van der Waals surface area contributed by atoms with E-state index >= 15 is 0 Å². The highest BCUT2D eigenvalue weighted by atomic mass is 16.4. The van der Waals surface area contributed by atoms with Crippen LogP contribution >= 0.6 is 0 Å². The third kappa shape index (κ3) is 6.49. The normalized spacial score (nSPS) is 18.4. The lowest BCUT2D eigenvalue weighted by molar-refractivity contribution is -0.147. The van der Waals surface area contributed by atoms with Crippen molar-refractivity contribution in [2.45, 2.75) is 49.9 Å². The lowest BCUT2D eigenvalue weighted by Gasteiger charge is -2.29. The van der Waals surface area contributed by atoms with Gasteiger partial charge in [0.15, 0.2) is 0 Å². The molecule has 0 radical (unpaired) electrons. The van der Waals surface area contributed by atoms with Gasteiger partial charge in [-0.3, -0.25) is 19.2 Å². The van der Waals surface area contributed by atoms with Gasteiger partial charge in [-0.2, -0.15) is 0 Å². The maximum absolute atomic E-state index is 13.0. The molecular formula is C18H26N6O8. The number of carboxylic acid groups (broad SMARTS) is 2. The van der Waals surface area contributed by atoms with Crippen LogP contribution < -0.4 is 16.4 Å². The molecule has 0 aliphatic carbocycles. The topological polar surface area (TPSA) is 228 Å². The van der Waals surface area contributed by atoms with Crippen LogP contribution in [-0.4, -0.2) is 97.2 Å². The number of likely N-dealkylation sites (tertiary alicyclic amines) is 1. The summed E-state index contributed by atoms with van der Waals surface area (Å²) in [5.41, 5.74) is 6.41. The SMILES string of the molecule is NC(Cc1cnc[nH]1)C(=O)NC(CC(=O)O)C(=O)N1CCCC1C(=O)NC(CO)C(=O)O. The zero-order valence-electron chi connectivity index (χ0n) is 17.1. The van der Waals surface area contributed by atoms with Crippen molar-refractivity contribution in [1.29, 1.82) is 0 Å². The number of aromatic nitrogens is 2. The molecule has 176 valence electrons. The van der Waals surface area contributed by atoms with E-state index < -0.39 is 66.9 Å². The zero-order chi connectivity index (χ0) is 23.8. The smallest absolute Gasteiger partial charge is 0.328 e. The number of aromatic amines is 1. The summed E-state index contributed by atoms with van der Waals surface area (Å²) < 4.78 is 0. The van der Waals surface area contributed by atoms with Gasteiger partial charge in [-0.15, -0.1) is 0 Å². The van der Waals surface area contributed by atoms with E-state index in [4.69, 9.17) is 15.9 Å². The number of amides is 3. The minimum Gasteiger partial charge on any atom is -0.481 e. The first kappa shape index (κ1) is 24.7. The summed E-state index contributed by atoms with van der Waals surface area (Å²) in [6.07, 6.45) is 2.83. The summed E-state index contributed by atoms with van der Waals surface area (Å²) in [6, 6.07) is -5.18. The number of aliphatic hydroxyl groups is 1. The monoisotopic (exact) mass is 454 g/mol. The second-order valence-electron chi connectivity index (χ2n) is 7.32. The minimum absolute atomic E-state index is 0.0757. The van der Waals surface area contributed by atoms with Gasteiger partial charge < -0.3 is 41.6 Å². The third-order valence-electron chi connectivity index (χ3n) is 4.96. The Morgan fingerprint density at radius 1 is 1.22 bits per heavy atom. The number of carboxylic acids is 2. The van der Waals surface area contributed by atoms with Gasteiger partial charge >= 0.3 is 11.9 Å². The van der Waals surface area contributed by atoms with Crippen molar-refractivity contribution in [3.8, 4) is 0 Å². The number of H-pyrrole nitrogens is 1. The Morgan fingerprint density at radius 3 is 2.50 bits per heavy atom. The number of aliphatic carboxylic acids is 2. The summed E-state index contributed by atoms with van der Waals surface area (Å²) in [7, 11) is 0. The number of carbonyl (C=O) groups is 5. The van der Waals surface area contributed by atoms with Crippen LogP contribution in [0.3, 0.4) is 0 Å². The zero-order valence-corrected chi connectivity index (χ0v) is 17.1. The molecule has 1 fully saturated rings. The number of hydrogen-bond acceptors (Lipinski definition) is 8. The predicted octanol–water partition coefficient (Wildman–Crippen LogP) is -3.21. The Hall–Kier alpha value is -3.52. The lowest BCUT2D eigenvalue weighted by Crippen LogP contribution is -2.57. The highest BCUT2D eigenvalue weighted by Gasteiger charge is 2.39. The van der Waals surface area contributed by atoms with Crippen LogP contribution in [0.4, 0.5) is 0 Å². The number of imidazole rings is 1. The number of rotatable bonds is 11. The van der Waals surface area contributed by atoms with Crippen molar-refractivity contribution in [3.05, 3.63) is 18.2 Å². The van der Waals surface area contributed by atoms with E-state index in [1.807, 2.05) is 0 Å². The van der Waals surface area contributed by atoms with E-state index in [-0.39, 0.29) is 19.4 Å². The maximum Gasteiger partial charge on any atom is 0.328 e. The Bertz CT molecular complexity index is 845. The van der Waals surface area contributed by atoms with Crippen molar-refractivity contribution in [1.82, 2.24) is 25.5 Å². The van der Waals surface area contributed by atoms with Gasteiger partial charge in [0, 0.05) is 24.9 Å². The molecule has 1 aliphatic rings. The van der Waals surface area contributed by atoms with Crippen LogP contribution in [0.5, 0.6) is 0 Å². The molecule has 0 spiro atoms. The molecule has 32 heavy (non-hydrogen) atoms. The fourth-order valence-electron chi connectivity index (χ4n) is 3.34. The molecule has 1 aromatic rings. The Morgan fingerprint density at radius 2 is 1.94 bits per heavy atom. The van der Waals surface area contributed by atoms with Gasteiger partial charge in [-0.25, -0.2) is 9.78 Å². The van der Waals surface area contributed by atoms with Crippen molar-refractivity contribution in [2.24, 2.45) is 5.73 Å². The highest BCUT2D eigenvalue weighted by molar-refractivity contribution is 5.96. The Labute approximate surface area is 182 Å². The fraction of sp³-hybridized carbons (Fsp3) is 0.556. The van der Waals surface area contributed by atoms with Crippen molar-refractivity contribution >= 4 is 29.7 Å². The van der Waals surface area contributed by atoms with E-state index in [2.05, 4.69) is 20.6 Å². The molecule has 3 amide bonds. The summed E-state index contributed by atoms with van der Waals surface area (Å²) in [4.78, 5) is 67.9. The fourth-order valence-corrected chi connectivity index (χ4v) is 3.34. The molecule has 14 heteroatoms. The Kier molecular flexibility index (Phi) is 8.66. The maximum atomic E-state index is 13.0. The summed E-state index contributed by atoms with van der Waals surface area (Å²) >= 11 is 0. The highest BCUT2D eigenvalue weighted by Crippen LogP contribution is 2.19. The quantitative estimate of drug-likeness (QED) is 0.177. The number of carbonyl (C=O) groups excluding carboxylic acids is 3. The summed E-state index contributed by atoms with van der Waals surface area (Å²) in [5.74, 6) is -5.15. The average molecular weight is 454 g/mol. The van der Waals surface area contributed by atoms with E-state index in [1.165, 1.54) is 12.5 Å². The molecule has 0 aromatic carbocycles. The van der Waals surface area contributed by atoms with Gasteiger partial charge in [0.25, 0.3) is 0 Å². The van der Waals surface area contributed by atoms with E-state index in [0.717, 1.165) is 4.90 Å². The number of aliphatic hydroxyl groups excluding tert-OH is 1. The number of nitrogens with one attached hydrogen (secondary N) is 3. The van der Waals surface area contributed by atoms with E-state index in [9.17, 15) is 29.1 Å². The molecule has 1 aromatic heterocycles. The minimum atomic E-state index is -1.55. The van der Waals surface area contributed by atoms with Crippen LogP contribution in [0, 0.1) is 0 Å². The van der Waals surface area contributed by atoms with E-state index in [1.54, 1.807) is 0 Å². The molecule has 4 unspecified atom stereocenters. The van der Waals surface area contributed by atoms with Crippen LogP contribution in [0.15, 0.2) is 12.5 Å². The second kappa shape index (κ2) is 11.2. The Balaban J connectivity index is 2.09. The molecule has 0 saturated carbocycles. The first-order valence-corrected chi connectivity index (χ1v) is 9.83. The molecule has 14 nitrogen and oxygen atoms in total. The second-order valence-corrected chi connectivity index (χ2v) is 7.32. The van der Waals surface area contributed by atoms with Crippen LogP contribution in [-0.2, 0) is 30.4 Å². The van der Waals surface area contributed by atoms with Crippen molar-refractivity contribution in [3.63, 3.8) is 0 Å². The standard InChI is InChI=1S/C18H26N6O8/c19-10(4-9-6-20-8-21-9)15(28)22-11(5-14(26)27)17(30)24-3-1-2-13(24)16(29)23-12(7-25)18(31)32/h6,8,10-13,25H,1-5,7,19H2,(H,20,21)(H,22,28)(H,23,29)(H,26,27)(H,31,32). The number of hydrogen-bond donors (Lipinski definition) is 7. The van der Waals surface area contributed by atoms with Gasteiger partial charge in [0.2, 0.25) is 17.7 Å². The van der Waals surface area contributed by atoms with Gasteiger partial charge in [0.1, 0.15) is 18.1 Å². The van der Waals surface area contributed by atoms with Crippen LogP contribution in [0.2, 0.25) is 0 Å². The molecule has 8 N–H and O–H groups in total. The van der Waals surface area contributed by atoms with Gasteiger partial charge in [-0.05, 0) is 12.8 Å². The molecule has 1 saturated heterocycles. The van der Waals surface area contributed by atoms with Crippen molar-refractivity contribution in [2.75, 3.05) is 13.2 Å². The number of nitrogens with two attached hydrogens (primary N) is 1. The summed E-state index contributed by atoms with van der Waals surface area (Å²) in [6.45, 7) is -0.729. The van der Waals surface area contributed by atoms with Crippen molar-refractivity contribution < 1.29 is 39.3 Å².